The fourth-order valence-corrected chi connectivity index (χ4v) is 2.41. The second-order valence-corrected chi connectivity index (χ2v) is 5.45. The molecule has 0 unspecified atom stereocenters. The Bertz CT molecular complexity index is 721. The van der Waals surface area contributed by atoms with E-state index in [9.17, 15) is 0 Å². The molecule has 0 heterocycles. The summed E-state index contributed by atoms with van der Waals surface area (Å²) in [5.74, 6) is 0. The van der Waals surface area contributed by atoms with Crippen molar-refractivity contribution in [3.8, 4) is 17.2 Å². The topological polar surface area (TPSA) is 28.1 Å². The molecule has 0 aromatic heterocycles. The van der Waals surface area contributed by atoms with Gasteiger partial charge in [0.1, 0.15) is 0 Å². The van der Waals surface area contributed by atoms with Gasteiger partial charge in [0.2, 0.25) is 0 Å². The average molecular weight is 316 g/mol. The standard InChI is InChI=1S/C16H8N2.2C3H8/c1-18-15(10-17)16-13-8-4-2-6-11(13)12-7-3-5-9-14(12)16;2*1-3-2/h2-9H;2*3H2,1-2H3. The number of hydrogen-bond acceptors (Lipinski definition) is 1. The van der Waals surface area contributed by atoms with Crippen LogP contribution in [0.3, 0.4) is 0 Å². The predicted molar refractivity (Wildman–Crippen MR) is 102 cm³/mol. The highest BCUT2D eigenvalue weighted by Crippen LogP contribution is 2.45. The van der Waals surface area contributed by atoms with E-state index in [-0.39, 0.29) is 5.70 Å². The maximum Gasteiger partial charge on any atom is 0.270 e. The Morgan fingerprint density at radius 1 is 0.833 bits per heavy atom. The maximum atomic E-state index is 9.12. The van der Waals surface area contributed by atoms with Crippen molar-refractivity contribution in [3.63, 3.8) is 0 Å². The molecule has 0 aliphatic heterocycles. The summed E-state index contributed by atoms with van der Waals surface area (Å²) >= 11 is 0. The Morgan fingerprint density at radius 3 is 1.46 bits per heavy atom. The first kappa shape index (κ1) is 19.2. The lowest BCUT2D eigenvalue weighted by molar-refractivity contribution is 1.09. The summed E-state index contributed by atoms with van der Waals surface area (Å²) in [5.41, 5.74) is 5.07. The van der Waals surface area contributed by atoms with Gasteiger partial charge in [0, 0.05) is 5.57 Å². The SMILES string of the molecule is CCC.CCC.[C-]#[N+]C(C#N)=C1c2ccccc2-c2ccccc21. The van der Waals surface area contributed by atoms with Crippen molar-refractivity contribution in [2.75, 3.05) is 0 Å². The van der Waals surface area contributed by atoms with Crippen LogP contribution in [-0.4, -0.2) is 0 Å². The molecule has 1 aliphatic rings. The molecule has 2 aromatic carbocycles. The van der Waals surface area contributed by atoms with Crippen LogP contribution in [0, 0.1) is 17.9 Å². The van der Waals surface area contributed by atoms with Crippen LogP contribution >= 0.6 is 0 Å². The molecule has 1 aliphatic carbocycles. The number of fused-ring (bicyclic) bond motifs is 3. The molecule has 0 fully saturated rings. The van der Waals surface area contributed by atoms with E-state index in [0.29, 0.717) is 0 Å². The number of benzene rings is 2. The Kier molecular flexibility index (Phi) is 8.03. The van der Waals surface area contributed by atoms with Crippen molar-refractivity contribution in [1.29, 1.82) is 5.26 Å². The second-order valence-electron chi connectivity index (χ2n) is 5.45. The molecule has 0 amide bonds. The zero-order chi connectivity index (χ0) is 17.9. The molecular weight excluding hydrogens is 292 g/mol. The van der Waals surface area contributed by atoms with Crippen molar-refractivity contribution in [1.82, 2.24) is 0 Å². The van der Waals surface area contributed by atoms with Crippen LogP contribution in [0.1, 0.15) is 51.7 Å². The first-order valence-electron chi connectivity index (χ1n) is 8.40. The number of nitriles is 1. The molecule has 24 heavy (non-hydrogen) atoms. The summed E-state index contributed by atoms with van der Waals surface area (Å²) in [5, 5.41) is 9.12. The summed E-state index contributed by atoms with van der Waals surface area (Å²) in [6, 6.07) is 17.8. The summed E-state index contributed by atoms with van der Waals surface area (Å²) < 4.78 is 0. The van der Waals surface area contributed by atoms with Gasteiger partial charge in [0.25, 0.3) is 5.70 Å². The van der Waals surface area contributed by atoms with Gasteiger partial charge < -0.3 is 0 Å². The van der Waals surface area contributed by atoms with Crippen LogP contribution in [-0.2, 0) is 0 Å². The third kappa shape index (κ3) is 4.12. The van der Waals surface area contributed by atoms with Crippen LogP contribution in [0.15, 0.2) is 54.2 Å². The second kappa shape index (κ2) is 10.0. The van der Waals surface area contributed by atoms with E-state index in [4.69, 9.17) is 11.8 Å². The minimum absolute atomic E-state index is 0.160. The maximum absolute atomic E-state index is 9.12. The van der Waals surface area contributed by atoms with Gasteiger partial charge >= 0.3 is 0 Å². The monoisotopic (exact) mass is 316 g/mol. The van der Waals surface area contributed by atoms with E-state index >= 15 is 0 Å². The van der Waals surface area contributed by atoms with Crippen LogP contribution < -0.4 is 0 Å². The van der Waals surface area contributed by atoms with E-state index in [1.54, 1.807) is 0 Å². The molecule has 2 heteroatoms. The molecule has 3 rings (SSSR count). The van der Waals surface area contributed by atoms with Gasteiger partial charge in [-0.3, -0.25) is 0 Å². The summed E-state index contributed by atoms with van der Waals surface area (Å²) in [4.78, 5) is 3.35. The number of hydrogen-bond donors (Lipinski definition) is 0. The zero-order valence-corrected chi connectivity index (χ0v) is 14.9. The molecule has 0 N–H and O–H groups in total. The van der Waals surface area contributed by atoms with Gasteiger partial charge in [-0.05, 0) is 22.3 Å². The Morgan fingerprint density at radius 2 is 1.17 bits per heavy atom. The molecule has 0 bridgehead atoms. The fraction of sp³-hybridized carbons (Fsp3) is 0.273. The van der Waals surface area contributed by atoms with Crippen molar-refractivity contribution in [3.05, 3.63) is 76.8 Å². The molecule has 0 atom stereocenters. The lowest BCUT2D eigenvalue weighted by atomic mass is 10.0. The lowest BCUT2D eigenvalue weighted by Gasteiger charge is -2.01. The van der Waals surface area contributed by atoms with Crippen molar-refractivity contribution in [2.45, 2.75) is 40.5 Å². The lowest BCUT2D eigenvalue weighted by Crippen LogP contribution is -1.85. The van der Waals surface area contributed by atoms with Gasteiger partial charge in [0.05, 0.1) is 12.6 Å². The first-order chi connectivity index (χ1) is 11.7. The molecule has 0 saturated carbocycles. The summed E-state index contributed by atoms with van der Waals surface area (Å²) in [6.07, 6.45) is 2.50. The Balaban J connectivity index is 0.000000423. The van der Waals surface area contributed by atoms with E-state index in [1.807, 2.05) is 54.6 Å². The Hall–Kier alpha value is -2.84. The Labute approximate surface area is 145 Å². The van der Waals surface area contributed by atoms with Gasteiger partial charge in [-0.2, -0.15) is 0 Å². The third-order valence-corrected chi connectivity index (χ3v) is 3.14. The quantitative estimate of drug-likeness (QED) is 0.335. The average Bonchev–Trinajstić information content (AvgIpc) is 2.93. The van der Waals surface area contributed by atoms with Gasteiger partial charge in [-0.1, -0.05) is 89.1 Å². The van der Waals surface area contributed by atoms with Crippen LogP contribution in [0.25, 0.3) is 21.5 Å². The summed E-state index contributed by atoms with van der Waals surface area (Å²) in [7, 11) is 0. The highest BCUT2D eigenvalue weighted by atomic mass is 14.7. The molecule has 0 spiro atoms. The van der Waals surface area contributed by atoms with E-state index in [1.165, 1.54) is 12.8 Å². The van der Waals surface area contributed by atoms with Crippen molar-refractivity contribution < 1.29 is 0 Å². The van der Waals surface area contributed by atoms with E-state index < -0.39 is 0 Å². The zero-order valence-electron chi connectivity index (χ0n) is 14.9. The van der Waals surface area contributed by atoms with E-state index in [2.05, 4.69) is 32.5 Å². The largest absolute Gasteiger partial charge is 0.270 e. The predicted octanol–water partition coefficient (Wildman–Crippen LogP) is 6.70. The van der Waals surface area contributed by atoms with Crippen LogP contribution in [0.5, 0.6) is 0 Å². The molecule has 122 valence electrons. The normalized spacial score (nSPS) is 9.83. The van der Waals surface area contributed by atoms with Crippen molar-refractivity contribution in [2.24, 2.45) is 0 Å². The van der Waals surface area contributed by atoms with Gasteiger partial charge in [-0.15, -0.1) is 0 Å². The smallest absolute Gasteiger partial charge is 0.226 e. The minimum Gasteiger partial charge on any atom is -0.226 e. The van der Waals surface area contributed by atoms with E-state index in [0.717, 1.165) is 27.8 Å². The number of rotatable bonds is 0. The molecule has 2 nitrogen and oxygen atoms in total. The summed E-state index contributed by atoms with van der Waals surface area (Å²) in [6.45, 7) is 15.7. The number of allylic oxidation sites excluding steroid dienone is 1. The number of nitrogens with zero attached hydrogens (tertiary/aromatic N) is 2. The van der Waals surface area contributed by atoms with Crippen LogP contribution in [0.4, 0.5) is 0 Å². The van der Waals surface area contributed by atoms with Crippen LogP contribution in [0.2, 0.25) is 0 Å². The van der Waals surface area contributed by atoms with Gasteiger partial charge in [-0.25, -0.2) is 10.1 Å². The van der Waals surface area contributed by atoms with Gasteiger partial charge in [0.15, 0.2) is 0 Å². The molecular formula is C22H24N2. The van der Waals surface area contributed by atoms with Crippen molar-refractivity contribution >= 4 is 5.57 Å². The fourth-order valence-electron chi connectivity index (χ4n) is 2.41. The minimum atomic E-state index is 0.160. The molecule has 0 saturated heterocycles. The molecule has 2 aromatic rings. The highest BCUT2D eigenvalue weighted by molar-refractivity contribution is 6.03. The molecule has 0 radical (unpaired) electrons. The third-order valence-electron chi connectivity index (χ3n) is 3.14. The highest BCUT2D eigenvalue weighted by Gasteiger charge is 2.25. The first-order valence-corrected chi connectivity index (χ1v) is 8.40.